The molecule has 1 N–H and O–H groups in total. The molecular formula is C6H7BrClNO2S2. The largest absolute Gasteiger partial charge is 0.225 e. The van der Waals surface area contributed by atoms with Crippen LogP contribution in [0.3, 0.4) is 0 Å². The molecule has 0 aliphatic rings. The van der Waals surface area contributed by atoms with E-state index in [1.54, 1.807) is 0 Å². The molecule has 0 aliphatic carbocycles. The number of thiophene rings is 1. The van der Waals surface area contributed by atoms with Gasteiger partial charge < -0.3 is 0 Å². The molecule has 0 aromatic carbocycles. The van der Waals surface area contributed by atoms with E-state index in [0.29, 0.717) is 6.54 Å². The Balaban J connectivity index is 2.53. The highest BCUT2D eigenvalue weighted by Gasteiger charge is 2.07. The molecule has 0 fully saturated rings. The Bertz CT molecular complexity index is 376. The Hall–Kier alpha value is 0.380. The van der Waals surface area contributed by atoms with Crippen molar-refractivity contribution in [2.75, 3.05) is 5.21 Å². The number of halogens is 2. The fourth-order valence-corrected chi connectivity index (χ4v) is 2.86. The molecule has 0 atom stereocenters. The molecule has 0 bridgehead atoms. The Labute approximate surface area is 94.3 Å². The molecule has 0 radical (unpaired) electrons. The molecular weight excluding hydrogens is 298 g/mol. The van der Waals surface area contributed by atoms with E-state index in [0.717, 1.165) is 8.66 Å². The van der Waals surface area contributed by atoms with Crippen LogP contribution in [0, 0.1) is 0 Å². The highest BCUT2D eigenvalue weighted by atomic mass is 79.9. The SMILES string of the molecule is O=S(=O)(CCl)NCc1ccc(Br)s1. The molecule has 1 aromatic heterocycles. The van der Waals surface area contributed by atoms with Crippen molar-refractivity contribution in [3.05, 3.63) is 20.8 Å². The standard InChI is InChI=1S/C6H7BrClNO2S2/c7-6-2-1-5(12-6)3-9-13(10,11)4-8/h1-2,9H,3-4H2. The molecule has 0 saturated carbocycles. The lowest BCUT2D eigenvalue weighted by Crippen LogP contribution is -2.23. The average molecular weight is 305 g/mol. The smallest absolute Gasteiger partial charge is 0.211 e. The monoisotopic (exact) mass is 303 g/mol. The van der Waals surface area contributed by atoms with Gasteiger partial charge in [0, 0.05) is 11.4 Å². The van der Waals surface area contributed by atoms with Crippen molar-refractivity contribution >= 4 is 48.9 Å². The molecule has 0 spiro atoms. The number of hydrogen-bond donors (Lipinski definition) is 1. The van der Waals surface area contributed by atoms with Gasteiger partial charge in [0.2, 0.25) is 10.0 Å². The molecule has 0 saturated heterocycles. The van der Waals surface area contributed by atoms with Crippen molar-refractivity contribution in [2.24, 2.45) is 0 Å². The van der Waals surface area contributed by atoms with Crippen molar-refractivity contribution < 1.29 is 8.42 Å². The van der Waals surface area contributed by atoms with Gasteiger partial charge in [-0.05, 0) is 28.1 Å². The summed E-state index contributed by atoms with van der Waals surface area (Å²) in [6.45, 7) is 0.297. The minimum Gasteiger partial charge on any atom is -0.211 e. The van der Waals surface area contributed by atoms with E-state index in [2.05, 4.69) is 20.7 Å². The lowest BCUT2D eigenvalue weighted by molar-refractivity contribution is 0.586. The van der Waals surface area contributed by atoms with Gasteiger partial charge in [0.25, 0.3) is 0 Å². The van der Waals surface area contributed by atoms with Crippen LogP contribution in [0.25, 0.3) is 0 Å². The molecule has 1 aromatic rings. The summed E-state index contributed by atoms with van der Waals surface area (Å²) in [6.07, 6.45) is 0. The van der Waals surface area contributed by atoms with Gasteiger partial charge in [-0.3, -0.25) is 0 Å². The Morgan fingerprint density at radius 3 is 2.69 bits per heavy atom. The molecule has 7 heteroatoms. The number of alkyl halides is 1. The number of sulfonamides is 1. The summed E-state index contributed by atoms with van der Waals surface area (Å²) in [5, 5.41) is -0.403. The van der Waals surface area contributed by atoms with Crippen LogP contribution in [-0.2, 0) is 16.6 Å². The van der Waals surface area contributed by atoms with Crippen molar-refractivity contribution in [3.63, 3.8) is 0 Å². The van der Waals surface area contributed by atoms with Gasteiger partial charge >= 0.3 is 0 Å². The summed E-state index contributed by atoms with van der Waals surface area (Å²) in [5.74, 6) is 0. The molecule has 1 heterocycles. The lowest BCUT2D eigenvalue weighted by atomic mass is 10.5. The summed E-state index contributed by atoms with van der Waals surface area (Å²) in [7, 11) is -3.30. The summed E-state index contributed by atoms with van der Waals surface area (Å²) < 4.78 is 25.2. The first-order valence-corrected chi connectivity index (χ1v) is 7.10. The second kappa shape index (κ2) is 4.75. The van der Waals surface area contributed by atoms with Gasteiger partial charge in [0.05, 0.1) is 3.79 Å². The number of hydrogen-bond acceptors (Lipinski definition) is 3. The predicted octanol–water partition coefficient (Wildman–Crippen LogP) is 2.13. The molecule has 0 aliphatic heterocycles. The van der Waals surface area contributed by atoms with Gasteiger partial charge in [-0.1, -0.05) is 0 Å². The summed E-state index contributed by atoms with van der Waals surface area (Å²) in [6, 6.07) is 3.72. The lowest BCUT2D eigenvalue weighted by Gasteiger charge is -2.00. The third-order valence-corrected chi connectivity index (χ3v) is 4.60. The van der Waals surface area contributed by atoms with Gasteiger partial charge in [-0.15, -0.1) is 22.9 Å². The molecule has 3 nitrogen and oxygen atoms in total. The quantitative estimate of drug-likeness (QED) is 0.866. The third-order valence-electron chi connectivity index (χ3n) is 1.24. The summed E-state index contributed by atoms with van der Waals surface area (Å²) in [4.78, 5) is 0.945. The zero-order chi connectivity index (χ0) is 9.90. The van der Waals surface area contributed by atoms with Crippen molar-refractivity contribution in [1.29, 1.82) is 0 Å². The maximum atomic E-state index is 10.9. The first-order chi connectivity index (χ1) is 6.03. The highest BCUT2D eigenvalue weighted by molar-refractivity contribution is 9.11. The van der Waals surface area contributed by atoms with Crippen LogP contribution in [0.5, 0.6) is 0 Å². The van der Waals surface area contributed by atoms with Crippen molar-refractivity contribution in [2.45, 2.75) is 6.54 Å². The second-order valence-corrected chi connectivity index (χ2v) is 7.19. The van der Waals surface area contributed by atoms with Crippen LogP contribution in [-0.4, -0.2) is 13.6 Å². The predicted molar refractivity (Wildman–Crippen MR) is 58.5 cm³/mol. The van der Waals surface area contributed by atoms with E-state index < -0.39 is 15.2 Å². The minimum absolute atomic E-state index is 0.297. The molecule has 13 heavy (non-hydrogen) atoms. The second-order valence-electron chi connectivity index (χ2n) is 2.25. The van der Waals surface area contributed by atoms with Gasteiger partial charge in [0.1, 0.15) is 5.21 Å². The van der Waals surface area contributed by atoms with E-state index in [-0.39, 0.29) is 0 Å². The number of rotatable bonds is 4. The molecule has 0 unspecified atom stereocenters. The first kappa shape index (κ1) is 11.5. The van der Waals surface area contributed by atoms with Crippen LogP contribution in [0.1, 0.15) is 4.88 Å². The maximum Gasteiger partial charge on any atom is 0.225 e. The van der Waals surface area contributed by atoms with Crippen molar-refractivity contribution in [1.82, 2.24) is 4.72 Å². The van der Waals surface area contributed by atoms with E-state index in [1.165, 1.54) is 11.3 Å². The maximum absolute atomic E-state index is 10.9. The fourth-order valence-electron chi connectivity index (χ4n) is 0.666. The van der Waals surface area contributed by atoms with E-state index in [9.17, 15) is 8.42 Å². The first-order valence-electron chi connectivity index (χ1n) is 3.31. The average Bonchev–Trinajstić information content (AvgIpc) is 2.48. The molecule has 1 rings (SSSR count). The van der Waals surface area contributed by atoms with Gasteiger partial charge in [-0.2, -0.15) is 0 Å². The highest BCUT2D eigenvalue weighted by Crippen LogP contribution is 2.21. The van der Waals surface area contributed by atoms with Crippen LogP contribution in [0.15, 0.2) is 15.9 Å². The van der Waals surface area contributed by atoms with E-state index >= 15 is 0 Å². The zero-order valence-electron chi connectivity index (χ0n) is 6.46. The molecule has 0 amide bonds. The Kier molecular flexibility index (Phi) is 4.18. The number of nitrogens with one attached hydrogen (secondary N) is 1. The van der Waals surface area contributed by atoms with E-state index in [4.69, 9.17) is 11.6 Å². The van der Waals surface area contributed by atoms with Crippen molar-refractivity contribution in [3.8, 4) is 0 Å². The van der Waals surface area contributed by atoms with Gasteiger partial charge in [-0.25, -0.2) is 13.1 Å². The normalized spacial score (nSPS) is 11.8. The zero-order valence-corrected chi connectivity index (χ0v) is 10.4. The van der Waals surface area contributed by atoms with Crippen LogP contribution < -0.4 is 4.72 Å². The summed E-state index contributed by atoms with van der Waals surface area (Å²) in [5.41, 5.74) is 0. The minimum atomic E-state index is -3.30. The topological polar surface area (TPSA) is 46.2 Å². The summed E-state index contributed by atoms with van der Waals surface area (Å²) >= 11 is 9.98. The van der Waals surface area contributed by atoms with Crippen LogP contribution in [0.4, 0.5) is 0 Å². The Morgan fingerprint density at radius 1 is 1.54 bits per heavy atom. The van der Waals surface area contributed by atoms with E-state index in [1.807, 2.05) is 12.1 Å². The third kappa shape index (κ3) is 3.95. The fraction of sp³-hybridized carbons (Fsp3) is 0.333. The Morgan fingerprint density at radius 2 is 2.23 bits per heavy atom. The van der Waals surface area contributed by atoms with Crippen LogP contribution >= 0.6 is 38.9 Å². The van der Waals surface area contributed by atoms with Crippen LogP contribution in [0.2, 0.25) is 0 Å². The molecule has 74 valence electrons. The van der Waals surface area contributed by atoms with Gasteiger partial charge in [0.15, 0.2) is 0 Å².